The first-order valence-electron chi connectivity index (χ1n) is 6.06. The van der Waals surface area contributed by atoms with Gasteiger partial charge in [0.25, 0.3) is 0 Å². The molecule has 0 spiro atoms. The number of rotatable bonds is 5. The molecule has 0 radical (unpaired) electrons. The molecule has 0 heterocycles. The van der Waals surface area contributed by atoms with Gasteiger partial charge >= 0.3 is 5.97 Å². The Kier molecular flexibility index (Phi) is 4.53. The molecule has 0 unspecified atom stereocenters. The minimum absolute atomic E-state index is 0.122. The third kappa shape index (κ3) is 4.12. The van der Waals surface area contributed by atoms with E-state index >= 15 is 0 Å². The molecule has 3 N–H and O–H groups in total. The Morgan fingerprint density at radius 3 is 2.37 bits per heavy atom. The van der Waals surface area contributed by atoms with Crippen LogP contribution in [0.15, 0.2) is 54.6 Å². The van der Waals surface area contributed by atoms with E-state index in [0.717, 1.165) is 11.3 Å². The van der Waals surface area contributed by atoms with Crippen LogP contribution in [0.2, 0.25) is 0 Å². The first-order chi connectivity index (χ1) is 9.28. The zero-order valence-corrected chi connectivity index (χ0v) is 10.5. The van der Waals surface area contributed by atoms with Gasteiger partial charge in [-0.05, 0) is 29.8 Å². The van der Waals surface area contributed by atoms with Gasteiger partial charge in [-0.1, -0.05) is 30.3 Å². The zero-order chi connectivity index (χ0) is 13.5. The van der Waals surface area contributed by atoms with Crippen molar-refractivity contribution < 1.29 is 9.53 Å². The van der Waals surface area contributed by atoms with Gasteiger partial charge in [0, 0.05) is 12.2 Å². The average Bonchev–Trinajstić information content (AvgIpc) is 2.47. The lowest BCUT2D eigenvalue weighted by molar-refractivity contribution is -0.132. The third-order valence-electron chi connectivity index (χ3n) is 2.60. The summed E-state index contributed by atoms with van der Waals surface area (Å²) in [6.45, 7) is 0.632. The van der Waals surface area contributed by atoms with Crippen molar-refractivity contribution in [3.05, 3.63) is 60.2 Å². The van der Waals surface area contributed by atoms with Gasteiger partial charge in [0.15, 0.2) is 0 Å². The molecule has 0 aliphatic rings. The molecule has 0 aliphatic heterocycles. The number of anilines is 1. The van der Waals surface area contributed by atoms with Gasteiger partial charge in [0.2, 0.25) is 0 Å². The highest BCUT2D eigenvalue weighted by atomic mass is 16.5. The summed E-state index contributed by atoms with van der Waals surface area (Å²) in [6.07, 6.45) is 0. The standard InChI is InChI=1S/C15H16N2O2/c16-10-12-6-8-13(9-7-12)17-11-15(18)19-14-4-2-1-3-5-14/h1-9,17H,10-11,16H2. The van der Waals surface area contributed by atoms with Crippen molar-refractivity contribution in [2.24, 2.45) is 5.73 Å². The van der Waals surface area contributed by atoms with Crippen LogP contribution in [-0.2, 0) is 11.3 Å². The minimum Gasteiger partial charge on any atom is -0.425 e. The molecular weight excluding hydrogens is 240 g/mol. The van der Waals surface area contributed by atoms with Crippen molar-refractivity contribution in [3.8, 4) is 5.75 Å². The maximum atomic E-state index is 11.6. The topological polar surface area (TPSA) is 64.3 Å². The van der Waals surface area contributed by atoms with Gasteiger partial charge in [0.05, 0.1) is 0 Å². The second-order valence-electron chi connectivity index (χ2n) is 4.04. The van der Waals surface area contributed by atoms with Crippen molar-refractivity contribution in [1.82, 2.24) is 0 Å². The summed E-state index contributed by atoms with van der Waals surface area (Å²) in [5.41, 5.74) is 7.43. The average molecular weight is 256 g/mol. The highest BCUT2D eigenvalue weighted by Gasteiger charge is 2.04. The Morgan fingerprint density at radius 1 is 1.05 bits per heavy atom. The van der Waals surface area contributed by atoms with E-state index in [-0.39, 0.29) is 12.5 Å². The number of benzene rings is 2. The normalized spacial score (nSPS) is 9.95. The van der Waals surface area contributed by atoms with Crippen LogP contribution >= 0.6 is 0 Å². The second kappa shape index (κ2) is 6.56. The van der Waals surface area contributed by atoms with Crippen LogP contribution in [0.4, 0.5) is 5.69 Å². The molecule has 98 valence electrons. The summed E-state index contributed by atoms with van der Waals surface area (Å²) in [4.78, 5) is 11.6. The third-order valence-corrected chi connectivity index (χ3v) is 2.60. The molecule has 19 heavy (non-hydrogen) atoms. The number of nitrogens with two attached hydrogens (primary N) is 1. The molecule has 2 aromatic rings. The molecule has 0 amide bonds. The maximum Gasteiger partial charge on any atom is 0.330 e. The Morgan fingerprint density at radius 2 is 1.74 bits per heavy atom. The minimum atomic E-state index is -0.325. The lowest BCUT2D eigenvalue weighted by atomic mass is 10.2. The Labute approximate surface area is 112 Å². The van der Waals surface area contributed by atoms with E-state index < -0.39 is 0 Å². The molecule has 0 atom stereocenters. The first-order valence-corrected chi connectivity index (χ1v) is 6.06. The van der Waals surface area contributed by atoms with Crippen LogP contribution in [-0.4, -0.2) is 12.5 Å². The van der Waals surface area contributed by atoms with Gasteiger partial charge in [-0.3, -0.25) is 0 Å². The number of carbonyl (C=O) groups is 1. The van der Waals surface area contributed by atoms with Crippen molar-refractivity contribution in [1.29, 1.82) is 0 Å². The van der Waals surface area contributed by atoms with E-state index in [9.17, 15) is 4.79 Å². The summed E-state index contributed by atoms with van der Waals surface area (Å²) in [5, 5.41) is 3.00. The Hall–Kier alpha value is -2.33. The fourth-order valence-corrected chi connectivity index (χ4v) is 1.59. The van der Waals surface area contributed by atoms with Crippen LogP contribution in [0.5, 0.6) is 5.75 Å². The highest BCUT2D eigenvalue weighted by Crippen LogP contribution is 2.10. The van der Waals surface area contributed by atoms with Crippen molar-refractivity contribution in [3.63, 3.8) is 0 Å². The van der Waals surface area contributed by atoms with E-state index in [0.29, 0.717) is 12.3 Å². The van der Waals surface area contributed by atoms with Crippen molar-refractivity contribution in [2.45, 2.75) is 6.54 Å². The SMILES string of the molecule is NCc1ccc(NCC(=O)Oc2ccccc2)cc1. The van der Waals surface area contributed by atoms with Crippen LogP contribution < -0.4 is 15.8 Å². The first kappa shape index (κ1) is 13.1. The number of hydrogen-bond acceptors (Lipinski definition) is 4. The van der Waals surface area contributed by atoms with Crippen LogP contribution in [0.1, 0.15) is 5.56 Å². The molecule has 0 aromatic heterocycles. The lowest BCUT2D eigenvalue weighted by Gasteiger charge is -2.07. The smallest absolute Gasteiger partial charge is 0.330 e. The number of para-hydroxylation sites is 1. The Balaban J connectivity index is 1.83. The molecule has 0 bridgehead atoms. The van der Waals surface area contributed by atoms with Gasteiger partial charge in [-0.15, -0.1) is 0 Å². The molecule has 0 aliphatic carbocycles. The van der Waals surface area contributed by atoms with Crippen molar-refractivity contribution in [2.75, 3.05) is 11.9 Å². The summed E-state index contributed by atoms with van der Waals surface area (Å²) in [5.74, 6) is 0.224. The predicted molar refractivity (Wildman–Crippen MR) is 74.9 cm³/mol. The van der Waals surface area contributed by atoms with E-state index in [1.165, 1.54) is 0 Å². The predicted octanol–water partition coefficient (Wildman–Crippen LogP) is 2.16. The van der Waals surface area contributed by atoms with E-state index in [1.807, 2.05) is 42.5 Å². The number of hydrogen-bond donors (Lipinski definition) is 2. The van der Waals surface area contributed by atoms with Crippen molar-refractivity contribution >= 4 is 11.7 Å². The largest absolute Gasteiger partial charge is 0.425 e. The number of nitrogens with one attached hydrogen (secondary N) is 1. The quantitative estimate of drug-likeness (QED) is 0.635. The molecule has 4 heteroatoms. The fraction of sp³-hybridized carbons (Fsp3) is 0.133. The summed E-state index contributed by atoms with van der Waals surface area (Å²) < 4.78 is 5.16. The molecule has 0 saturated heterocycles. The van der Waals surface area contributed by atoms with E-state index in [2.05, 4.69) is 5.32 Å². The van der Waals surface area contributed by atoms with Crippen LogP contribution in [0, 0.1) is 0 Å². The summed E-state index contributed by atoms with van der Waals surface area (Å²) >= 11 is 0. The van der Waals surface area contributed by atoms with Gasteiger partial charge in [-0.25, -0.2) is 4.79 Å². The van der Waals surface area contributed by atoms with E-state index in [4.69, 9.17) is 10.5 Å². The molecular formula is C15H16N2O2. The highest BCUT2D eigenvalue weighted by molar-refractivity contribution is 5.77. The molecule has 2 rings (SSSR count). The zero-order valence-electron chi connectivity index (χ0n) is 10.5. The summed E-state index contributed by atoms with van der Waals surface area (Å²) in [7, 11) is 0. The molecule has 0 saturated carbocycles. The van der Waals surface area contributed by atoms with Crippen LogP contribution in [0.3, 0.4) is 0 Å². The number of ether oxygens (including phenoxy) is 1. The molecule has 0 fully saturated rings. The molecule has 4 nitrogen and oxygen atoms in total. The number of esters is 1. The fourth-order valence-electron chi connectivity index (χ4n) is 1.59. The van der Waals surface area contributed by atoms with Gasteiger partial charge in [0.1, 0.15) is 12.3 Å². The van der Waals surface area contributed by atoms with Gasteiger partial charge in [-0.2, -0.15) is 0 Å². The van der Waals surface area contributed by atoms with E-state index in [1.54, 1.807) is 12.1 Å². The maximum absolute atomic E-state index is 11.6. The number of carbonyl (C=O) groups excluding carboxylic acids is 1. The Bertz CT molecular complexity index is 524. The molecule has 2 aromatic carbocycles. The lowest BCUT2D eigenvalue weighted by Crippen LogP contribution is -2.19. The van der Waals surface area contributed by atoms with Crippen LogP contribution in [0.25, 0.3) is 0 Å². The second-order valence-corrected chi connectivity index (χ2v) is 4.04. The summed E-state index contributed by atoms with van der Waals surface area (Å²) in [6, 6.07) is 16.6. The monoisotopic (exact) mass is 256 g/mol. The van der Waals surface area contributed by atoms with Gasteiger partial charge < -0.3 is 15.8 Å².